The van der Waals surface area contributed by atoms with Crippen molar-refractivity contribution in [3.8, 4) is 11.4 Å². The van der Waals surface area contributed by atoms with Crippen LogP contribution in [0.5, 0.6) is 0 Å². The molecule has 0 saturated carbocycles. The van der Waals surface area contributed by atoms with Crippen LogP contribution in [-0.2, 0) is 23.8 Å². The predicted octanol–water partition coefficient (Wildman–Crippen LogP) is 2.54. The lowest BCUT2D eigenvalue weighted by Crippen LogP contribution is -2.27. The maximum absolute atomic E-state index is 12.8. The molecule has 1 amide bonds. The Morgan fingerprint density at radius 2 is 1.90 bits per heavy atom. The van der Waals surface area contributed by atoms with E-state index in [0.717, 1.165) is 17.8 Å². The fourth-order valence-electron chi connectivity index (χ4n) is 2.69. The molecule has 7 nitrogen and oxygen atoms in total. The minimum absolute atomic E-state index is 0.0306. The highest BCUT2D eigenvalue weighted by atomic mass is 19.4. The van der Waals surface area contributed by atoms with Gasteiger partial charge < -0.3 is 10.3 Å². The van der Waals surface area contributed by atoms with E-state index in [1.807, 2.05) is 12.1 Å². The summed E-state index contributed by atoms with van der Waals surface area (Å²) < 4.78 is 38.5. The topological polar surface area (TPSA) is 101 Å². The van der Waals surface area contributed by atoms with E-state index in [-0.39, 0.29) is 35.8 Å². The third-order valence-corrected chi connectivity index (χ3v) is 4.25. The monoisotopic (exact) mass is 417 g/mol. The summed E-state index contributed by atoms with van der Waals surface area (Å²) in [6.45, 7) is 0.409. The molecule has 3 rings (SSSR count). The van der Waals surface area contributed by atoms with Crippen molar-refractivity contribution in [1.82, 2.24) is 25.5 Å². The van der Waals surface area contributed by atoms with E-state index in [0.29, 0.717) is 13.0 Å². The molecule has 0 radical (unpaired) electrons. The van der Waals surface area contributed by atoms with Gasteiger partial charge in [0.1, 0.15) is 5.69 Å². The third kappa shape index (κ3) is 5.72. The smallest absolute Gasteiger partial charge is 0.356 e. The normalized spacial score (nSPS) is 11.3. The zero-order valence-electron chi connectivity index (χ0n) is 15.7. The Hall–Kier alpha value is -3.56. The molecule has 0 aliphatic rings. The second-order valence-corrected chi connectivity index (χ2v) is 6.45. The summed E-state index contributed by atoms with van der Waals surface area (Å²) in [4.78, 5) is 30.7. The zero-order valence-corrected chi connectivity index (χ0v) is 15.7. The van der Waals surface area contributed by atoms with Gasteiger partial charge in [-0.25, -0.2) is 0 Å². The average Bonchev–Trinajstić information content (AvgIpc) is 2.73. The number of alkyl halides is 3. The van der Waals surface area contributed by atoms with E-state index in [4.69, 9.17) is 0 Å². The molecule has 1 aromatic carbocycles. The number of rotatable bonds is 7. The maximum Gasteiger partial charge on any atom is 0.416 e. The molecule has 2 aromatic heterocycles. The highest BCUT2D eigenvalue weighted by Gasteiger charge is 2.30. The van der Waals surface area contributed by atoms with E-state index in [1.54, 1.807) is 12.3 Å². The van der Waals surface area contributed by atoms with Crippen molar-refractivity contribution >= 4 is 5.91 Å². The summed E-state index contributed by atoms with van der Waals surface area (Å²) in [6, 6.07) is 9.94. The largest absolute Gasteiger partial charge is 0.416 e. The second kappa shape index (κ2) is 9.29. The van der Waals surface area contributed by atoms with Crippen LogP contribution in [0.4, 0.5) is 13.2 Å². The number of aromatic amines is 1. The van der Waals surface area contributed by atoms with Gasteiger partial charge >= 0.3 is 6.18 Å². The number of H-pyrrole nitrogens is 1. The molecule has 0 saturated heterocycles. The van der Waals surface area contributed by atoms with E-state index in [2.05, 4.69) is 25.5 Å². The summed E-state index contributed by atoms with van der Waals surface area (Å²) in [5.41, 5.74) is -0.475. The quantitative estimate of drug-likeness (QED) is 0.615. The van der Waals surface area contributed by atoms with Crippen LogP contribution in [-0.4, -0.2) is 32.6 Å². The average molecular weight is 417 g/mol. The van der Waals surface area contributed by atoms with Gasteiger partial charge in [0.15, 0.2) is 5.82 Å². The number of carbonyl (C=O) groups excluding carboxylic acids is 1. The van der Waals surface area contributed by atoms with Gasteiger partial charge in [-0.3, -0.25) is 14.6 Å². The lowest BCUT2D eigenvalue weighted by Gasteiger charge is -2.08. The maximum atomic E-state index is 12.8. The number of aryl methyl sites for hydroxylation is 1. The first kappa shape index (κ1) is 21.2. The molecular formula is C20H18F3N5O2. The zero-order chi connectivity index (χ0) is 21.6. The highest BCUT2D eigenvalue weighted by molar-refractivity contribution is 5.76. The number of benzene rings is 1. The van der Waals surface area contributed by atoms with Crippen LogP contribution in [0.25, 0.3) is 11.4 Å². The van der Waals surface area contributed by atoms with Crippen molar-refractivity contribution in [2.45, 2.75) is 25.4 Å². The molecule has 0 atom stereocenters. The first-order chi connectivity index (χ1) is 14.3. The molecule has 30 heavy (non-hydrogen) atoms. The number of carbonyl (C=O) groups is 1. The molecule has 0 aliphatic carbocycles. The van der Waals surface area contributed by atoms with Gasteiger partial charge in [-0.2, -0.15) is 13.2 Å². The number of aromatic nitrogens is 4. The van der Waals surface area contributed by atoms with Gasteiger partial charge in [0.05, 0.1) is 5.56 Å². The van der Waals surface area contributed by atoms with Gasteiger partial charge in [0, 0.05) is 43.3 Å². The molecule has 0 spiro atoms. The molecule has 2 heterocycles. The molecule has 2 N–H and O–H groups in total. The number of nitrogens with zero attached hydrogens (tertiary/aromatic N) is 3. The molecule has 0 unspecified atom stereocenters. The van der Waals surface area contributed by atoms with E-state index in [1.165, 1.54) is 12.1 Å². The third-order valence-electron chi connectivity index (χ3n) is 4.25. The Kier molecular flexibility index (Phi) is 6.55. The SMILES string of the molecule is O=C(CCc1nnc(-c2cccc(C(F)(F)F)c2)[nH]c1=O)NCCc1ccccn1. The van der Waals surface area contributed by atoms with Crippen LogP contribution in [0.1, 0.15) is 23.4 Å². The summed E-state index contributed by atoms with van der Waals surface area (Å²) in [6.07, 6.45) is -2.17. The fraction of sp³-hybridized carbons (Fsp3) is 0.250. The standard InChI is InChI=1S/C20H18F3N5O2/c21-20(22,23)14-5-3-4-13(12-14)18-26-19(30)16(27-28-18)7-8-17(29)25-11-9-15-6-1-2-10-24-15/h1-6,10,12H,7-9,11H2,(H,25,29)(H,26,28,30). The van der Waals surface area contributed by atoms with Gasteiger partial charge in [-0.15, -0.1) is 10.2 Å². The van der Waals surface area contributed by atoms with Crippen LogP contribution in [0, 0.1) is 0 Å². The number of hydrogen-bond acceptors (Lipinski definition) is 5. The molecule has 0 bridgehead atoms. The van der Waals surface area contributed by atoms with Crippen molar-refractivity contribution in [2.75, 3.05) is 6.54 Å². The number of nitrogens with one attached hydrogen (secondary N) is 2. The van der Waals surface area contributed by atoms with E-state index < -0.39 is 17.3 Å². The van der Waals surface area contributed by atoms with Crippen molar-refractivity contribution in [1.29, 1.82) is 0 Å². The first-order valence-electron chi connectivity index (χ1n) is 9.13. The second-order valence-electron chi connectivity index (χ2n) is 6.45. The molecule has 156 valence electrons. The fourth-order valence-corrected chi connectivity index (χ4v) is 2.69. The number of amides is 1. The Bertz CT molecular complexity index is 1070. The molecule has 0 fully saturated rings. The summed E-state index contributed by atoms with van der Waals surface area (Å²) in [5, 5.41) is 10.3. The van der Waals surface area contributed by atoms with Crippen molar-refractivity contribution < 1.29 is 18.0 Å². The first-order valence-corrected chi connectivity index (χ1v) is 9.13. The highest BCUT2D eigenvalue weighted by Crippen LogP contribution is 2.31. The molecular weight excluding hydrogens is 399 g/mol. The Balaban J connectivity index is 1.57. The molecule has 3 aromatic rings. The van der Waals surface area contributed by atoms with Gasteiger partial charge in [-0.1, -0.05) is 18.2 Å². The number of pyridine rings is 1. The Labute approximate surface area is 169 Å². The number of halogens is 3. The van der Waals surface area contributed by atoms with Gasteiger partial charge in [-0.05, 0) is 24.3 Å². The lowest BCUT2D eigenvalue weighted by molar-refractivity contribution is -0.137. The van der Waals surface area contributed by atoms with E-state index >= 15 is 0 Å². The minimum Gasteiger partial charge on any atom is -0.356 e. The summed E-state index contributed by atoms with van der Waals surface area (Å²) in [5.74, 6) is -0.330. The van der Waals surface area contributed by atoms with Crippen molar-refractivity contribution in [2.24, 2.45) is 0 Å². The van der Waals surface area contributed by atoms with Crippen molar-refractivity contribution in [3.05, 3.63) is 76.0 Å². The predicted molar refractivity (Wildman–Crippen MR) is 102 cm³/mol. The van der Waals surface area contributed by atoms with Crippen LogP contribution >= 0.6 is 0 Å². The van der Waals surface area contributed by atoms with Crippen LogP contribution in [0.2, 0.25) is 0 Å². The van der Waals surface area contributed by atoms with Gasteiger partial charge in [0.2, 0.25) is 5.91 Å². The minimum atomic E-state index is -4.51. The van der Waals surface area contributed by atoms with Crippen LogP contribution < -0.4 is 10.9 Å². The molecule has 10 heteroatoms. The van der Waals surface area contributed by atoms with Crippen LogP contribution in [0.3, 0.4) is 0 Å². The van der Waals surface area contributed by atoms with Crippen molar-refractivity contribution in [3.63, 3.8) is 0 Å². The van der Waals surface area contributed by atoms with Crippen LogP contribution in [0.15, 0.2) is 53.5 Å². The Morgan fingerprint density at radius 1 is 1.07 bits per heavy atom. The van der Waals surface area contributed by atoms with E-state index in [9.17, 15) is 22.8 Å². The summed E-state index contributed by atoms with van der Waals surface area (Å²) >= 11 is 0. The lowest BCUT2D eigenvalue weighted by atomic mass is 10.1. The summed E-state index contributed by atoms with van der Waals surface area (Å²) in [7, 11) is 0. The number of hydrogen-bond donors (Lipinski definition) is 2. The Morgan fingerprint density at radius 3 is 2.60 bits per heavy atom. The molecule has 0 aliphatic heterocycles. The van der Waals surface area contributed by atoms with Gasteiger partial charge in [0.25, 0.3) is 5.56 Å².